The molecule has 112 valence electrons. The van der Waals surface area contributed by atoms with Crippen LogP contribution in [0.3, 0.4) is 0 Å². The average molecular weight is 308 g/mol. The van der Waals surface area contributed by atoms with Gasteiger partial charge in [-0.25, -0.2) is 9.97 Å². The lowest BCUT2D eigenvalue weighted by Crippen LogP contribution is -2.13. The monoisotopic (exact) mass is 307 g/mol. The van der Waals surface area contributed by atoms with Crippen molar-refractivity contribution in [2.45, 2.75) is 6.54 Å². The summed E-state index contributed by atoms with van der Waals surface area (Å²) in [5.41, 5.74) is 7.49. The highest BCUT2D eigenvalue weighted by atomic mass is 35.5. The van der Waals surface area contributed by atoms with E-state index in [0.29, 0.717) is 42.0 Å². The molecule has 0 aliphatic carbocycles. The molecular weight excluding hydrogens is 290 g/mol. The van der Waals surface area contributed by atoms with Crippen molar-refractivity contribution in [2.24, 2.45) is 0 Å². The van der Waals surface area contributed by atoms with Crippen molar-refractivity contribution >= 4 is 28.9 Å². The van der Waals surface area contributed by atoms with Crippen molar-refractivity contribution < 1.29 is 4.74 Å². The van der Waals surface area contributed by atoms with Crippen LogP contribution in [0.15, 0.2) is 30.6 Å². The molecule has 0 amide bonds. The lowest BCUT2D eigenvalue weighted by atomic mass is 10.2. The number of methoxy groups -OCH3 is 1. The second-order valence-electron chi connectivity index (χ2n) is 4.35. The molecule has 0 aliphatic rings. The number of nitrogens with zero attached hydrogens (tertiary/aromatic N) is 2. The lowest BCUT2D eigenvalue weighted by Gasteiger charge is -2.12. The van der Waals surface area contributed by atoms with E-state index in [9.17, 15) is 0 Å². The SMILES string of the molecule is COCCNc1ncnc(NCc2ccccc2Cl)c1N. The van der Waals surface area contributed by atoms with E-state index in [1.807, 2.05) is 24.3 Å². The smallest absolute Gasteiger partial charge is 0.155 e. The highest BCUT2D eigenvalue weighted by Gasteiger charge is 2.08. The maximum atomic E-state index is 6.12. The van der Waals surface area contributed by atoms with Crippen molar-refractivity contribution in [3.8, 4) is 0 Å². The van der Waals surface area contributed by atoms with Gasteiger partial charge >= 0.3 is 0 Å². The van der Waals surface area contributed by atoms with Crippen LogP contribution < -0.4 is 16.4 Å². The highest BCUT2D eigenvalue weighted by Crippen LogP contribution is 2.23. The maximum absolute atomic E-state index is 6.12. The molecule has 0 spiro atoms. The number of benzene rings is 1. The molecule has 1 aromatic heterocycles. The van der Waals surface area contributed by atoms with Crippen LogP contribution in [0.25, 0.3) is 0 Å². The van der Waals surface area contributed by atoms with Crippen LogP contribution in [0.2, 0.25) is 5.02 Å². The summed E-state index contributed by atoms with van der Waals surface area (Å²) in [6, 6.07) is 7.62. The van der Waals surface area contributed by atoms with Gasteiger partial charge < -0.3 is 21.1 Å². The summed E-state index contributed by atoms with van der Waals surface area (Å²) in [6.45, 7) is 1.74. The zero-order chi connectivity index (χ0) is 15.1. The van der Waals surface area contributed by atoms with Gasteiger partial charge in [-0.05, 0) is 11.6 Å². The van der Waals surface area contributed by atoms with Gasteiger partial charge in [0.25, 0.3) is 0 Å². The average Bonchev–Trinajstić information content (AvgIpc) is 2.49. The Balaban J connectivity index is 2.03. The third-order valence-electron chi connectivity index (χ3n) is 2.89. The molecule has 0 radical (unpaired) electrons. The molecule has 0 fully saturated rings. The minimum absolute atomic E-state index is 0.473. The minimum atomic E-state index is 0.473. The molecule has 6 nitrogen and oxygen atoms in total. The summed E-state index contributed by atoms with van der Waals surface area (Å²) in [4.78, 5) is 8.26. The quantitative estimate of drug-likeness (QED) is 0.681. The fourth-order valence-electron chi connectivity index (χ4n) is 1.77. The van der Waals surface area contributed by atoms with Crippen molar-refractivity contribution in [1.29, 1.82) is 0 Å². The first-order valence-corrected chi connectivity index (χ1v) is 6.90. The van der Waals surface area contributed by atoms with Gasteiger partial charge in [-0.1, -0.05) is 29.8 Å². The van der Waals surface area contributed by atoms with Gasteiger partial charge in [-0.3, -0.25) is 0 Å². The Hall–Kier alpha value is -2.05. The molecule has 0 bridgehead atoms. The summed E-state index contributed by atoms with van der Waals surface area (Å²) in [7, 11) is 1.64. The lowest BCUT2D eigenvalue weighted by molar-refractivity contribution is 0.210. The number of anilines is 3. The summed E-state index contributed by atoms with van der Waals surface area (Å²) in [5.74, 6) is 1.16. The first kappa shape index (κ1) is 15.3. The fourth-order valence-corrected chi connectivity index (χ4v) is 1.97. The normalized spacial score (nSPS) is 10.4. The van der Waals surface area contributed by atoms with E-state index in [4.69, 9.17) is 22.1 Å². The zero-order valence-electron chi connectivity index (χ0n) is 11.8. The van der Waals surface area contributed by atoms with Gasteiger partial charge in [-0.15, -0.1) is 0 Å². The summed E-state index contributed by atoms with van der Waals surface area (Å²) < 4.78 is 4.98. The summed E-state index contributed by atoms with van der Waals surface area (Å²) in [5, 5.41) is 6.97. The number of nitrogens with two attached hydrogens (primary N) is 1. The molecule has 7 heteroatoms. The second-order valence-corrected chi connectivity index (χ2v) is 4.76. The molecular formula is C14H18ClN5O. The highest BCUT2D eigenvalue weighted by molar-refractivity contribution is 6.31. The van der Waals surface area contributed by atoms with Gasteiger partial charge in [0.05, 0.1) is 6.61 Å². The molecule has 2 rings (SSSR count). The minimum Gasteiger partial charge on any atom is -0.393 e. The topological polar surface area (TPSA) is 85.1 Å². The van der Waals surface area contributed by atoms with Gasteiger partial charge in [0, 0.05) is 25.2 Å². The Morgan fingerprint density at radius 1 is 1.19 bits per heavy atom. The van der Waals surface area contributed by atoms with Crippen LogP contribution in [-0.4, -0.2) is 30.2 Å². The van der Waals surface area contributed by atoms with Crippen LogP contribution in [0.1, 0.15) is 5.56 Å². The van der Waals surface area contributed by atoms with E-state index in [-0.39, 0.29) is 0 Å². The van der Waals surface area contributed by atoms with Crippen LogP contribution >= 0.6 is 11.6 Å². The standard InChI is InChI=1S/C14H18ClN5O/c1-21-7-6-17-13-12(16)14(20-9-19-13)18-8-10-4-2-3-5-11(10)15/h2-5,9H,6-8,16H2,1H3,(H2,17,18,19,20). The Kier molecular flexibility index (Phi) is 5.59. The molecule has 0 unspecified atom stereocenters. The van der Waals surface area contributed by atoms with Crippen LogP contribution in [0.5, 0.6) is 0 Å². The van der Waals surface area contributed by atoms with E-state index in [0.717, 1.165) is 5.56 Å². The molecule has 0 atom stereocenters. The molecule has 0 saturated heterocycles. The second kappa shape index (κ2) is 7.66. The summed E-state index contributed by atoms with van der Waals surface area (Å²) >= 11 is 6.12. The first-order chi connectivity index (χ1) is 10.2. The van der Waals surface area contributed by atoms with Crippen LogP contribution in [0, 0.1) is 0 Å². The van der Waals surface area contributed by atoms with Gasteiger partial charge in [0.2, 0.25) is 0 Å². The number of ether oxygens (including phenoxy) is 1. The van der Waals surface area contributed by atoms with E-state index in [1.165, 1.54) is 6.33 Å². The summed E-state index contributed by atoms with van der Waals surface area (Å²) in [6.07, 6.45) is 1.46. The Bertz CT molecular complexity index is 593. The third-order valence-corrected chi connectivity index (χ3v) is 3.26. The Morgan fingerprint density at radius 2 is 1.90 bits per heavy atom. The molecule has 1 aromatic carbocycles. The number of rotatable bonds is 7. The molecule has 0 aliphatic heterocycles. The van der Waals surface area contributed by atoms with Gasteiger partial charge in [0.15, 0.2) is 11.6 Å². The Labute approximate surface area is 128 Å². The van der Waals surface area contributed by atoms with Gasteiger partial charge in [-0.2, -0.15) is 0 Å². The maximum Gasteiger partial charge on any atom is 0.155 e. The van der Waals surface area contributed by atoms with E-state index in [2.05, 4.69) is 20.6 Å². The van der Waals surface area contributed by atoms with Crippen molar-refractivity contribution in [3.05, 3.63) is 41.2 Å². The fraction of sp³-hybridized carbons (Fsp3) is 0.286. The molecule has 2 aromatic rings. The molecule has 4 N–H and O–H groups in total. The van der Waals surface area contributed by atoms with Gasteiger partial charge in [0.1, 0.15) is 12.0 Å². The first-order valence-electron chi connectivity index (χ1n) is 6.53. The van der Waals surface area contributed by atoms with Crippen molar-refractivity contribution in [3.63, 3.8) is 0 Å². The number of hydrogen-bond acceptors (Lipinski definition) is 6. The van der Waals surface area contributed by atoms with E-state index < -0.39 is 0 Å². The number of nitrogens with one attached hydrogen (secondary N) is 2. The van der Waals surface area contributed by atoms with Crippen LogP contribution in [-0.2, 0) is 11.3 Å². The zero-order valence-corrected chi connectivity index (χ0v) is 12.5. The number of aromatic nitrogens is 2. The third kappa shape index (κ3) is 4.21. The van der Waals surface area contributed by atoms with E-state index in [1.54, 1.807) is 7.11 Å². The number of halogens is 1. The molecule has 1 heterocycles. The number of hydrogen-bond donors (Lipinski definition) is 3. The van der Waals surface area contributed by atoms with Crippen molar-refractivity contribution in [1.82, 2.24) is 9.97 Å². The Morgan fingerprint density at radius 3 is 2.62 bits per heavy atom. The molecule has 21 heavy (non-hydrogen) atoms. The molecule has 0 saturated carbocycles. The predicted molar refractivity (Wildman–Crippen MR) is 85.6 cm³/mol. The van der Waals surface area contributed by atoms with Crippen LogP contribution in [0.4, 0.5) is 17.3 Å². The van der Waals surface area contributed by atoms with Crippen molar-refractivity contribution in [2.75, 3.05) is 36.6 Å². The van der Waals surface area contributed by atoms with E-state index >= 15 is 0 Å². The number of nitrogen functional groups attached to an aromatic ring is 1. The predicted octanol–water partition coefficient (Wildman–Crippen LogP) is 2.38. The largest absolute Gasteiger partial charge is 0.393 e.